The van der Waals surface area contributed by atoms with Gasteiger partial charge < -0.3 is 80.6 Å². The van der Waals surface area contributed by atoms with Gasteiger partial charge in [0.05, 0.1) is 25.8 Å². The fourth-order valence-electron chi connectivity index (χ4n) is 5.98. The number of aliphatic hydroxyl groups excluding tert-OH is 2. The number of nitrogens with two attached hydrogens (primary N) is 4. The van der Waals surface area contributed by atoms with Crippen LogP contribution in [0.5, 0.6) is 5.75 Å². The van der Waals surface area contributed by atoms with E-state index in [4.69, 9.17) is 22.9 Å². The summed E-state index contributed by atoms with van der Waals surface area (Å²) in [6, 6.07) is -4.11. The summed E-state index contributed by atoms with van der Waals surface area (Å²) in [6.45, 7) is 4.76. The van der Waals surface area contributed by atoms with E-state index in [0.717, 1.165) is 0 Å². The number of phenols is 1. The van der Waals surface area contributed by atoms with Gasteiger partial charge in [-0.2, -0.15) is 0 Å². The van der Waals surface area contributed by atoms with Crippen LogP contribution >= 0.6 is 0 Å². The molecule has 360 valence electrons. The van der Waals surface area contributed by atoms with Crippen molar-refractivity contribution < 1.29 is 58.8 Å². The number of carbonyl (C=O) groups excluding carboxylic acids is 7. The van der Waals surface area contributed by atoms with Crippen molar-refractivity contribution in [1.82, 2.24) is 37.2 Å². The molecule has 19 N–H and O–H groups in total. The maximum atomic E-state index is 13.6. The van der Waals surface area contributed by atoms with E-state index in [2.05, 4.69) is 42.2 Å². The number of benzene rings is 1. The molecule has 0 bridgehead atoms. The average Bonchev–Trinajstić information content (AvgIpc) is 3.23. The van der Waals surface area contributed by atoms with E-state index in [0.29, 0.717) is 31.4 Å². The molecule has 0 spiro atoms. The highest BCUT2D eigenvalue weighted by Gasteiger charge is 2.34. The lowest BCUT2D eigenvalue weighted by Crippen LogP contribution is -2.61. The van der Waals surface area contributed by atoms with Crippen LogP contribution in [-0.4, -0.2) is 149 Å². The molecule has 0 unspecified atom stereocenters. The van der Waals surface area contributed by atoms with Crippen molar-refractivity contribution in [2.75, 3.05) is 32.8 Å². The Bertz CT molecular complexity index is 1730. The zero-order chi connectivity index (χ0) is 48.5. The van der Waals surface area contributed by atoms with Crippen molar-refractivity contribution in [3.8, 4) is 5.75 Å². The smallest absolute Gasteiger partial charge is 0.326 e. The summed E-state index contributed by atoms with van der Waals surface area (Å²) in [5.74, 6) is -8.58. The quantitative estimate of drug-likeness (QED) is 0.0196. The molecule has 1 rings (SSSR count). The number of amides is 7. The minimum absolute atomic E-state index is 0.0256. The van der Waals surface area contributed by atoms with Gasteiger partial charge in [-0.1, -0.05) is 46.2 Å². The van der Waals surface area contributed by atoms with E-state index >= 15 is 0 Å². The third-order valence-corrected chi connectivity index (χ3v) is 9.54. The van der Waals surface area contributed by atoms with E-state index < -0.39 is 115 Å². The Kier molecular flexibility index (Phi) is 25.6. The van der Waals surface area contributed by atoms with E-state index in [1.165, 1.54) is 24.3 Å². The second-order valence-corrected chi connectivity index (χ2v) is 15.9. The largest absolute Gasteiger partial charge is 0.508 e. The maximum absolute atomic E-state index is 13.6. The molecule has 0 aliphatic heterocycles. The van der Waals surface area contributed by atoms with Gasteiger partial charge in [0.2, 0.25) is 41.4 Å². The molecule has 24 nitrogen and oxygen atoms in total. The number of carboxylic acid groups (broad SMARTS) is 1. The molecular weight excluding hydrogens is 841 g/mol. The minimum Gasteiger partial charge on any atom is -0.508 e. The summed E-state index contributed by atoms with van der Waals surface area (Å²) in [7, 11) is 0. The highest BCUT2D eigenvalue weighted by molar-refractivity contribution is 5.97. The molecule has 0 radical (unpaired) electrons. The fraction of sp³-hybridized carbons (Fsp3) is 0.625. The molecule has 1 aromatic carbocycles. The van der Waals surface area contributed by atoms with Crippen LogP contribution in [-0.2, 0) is 44.8 Å². The van der Waals surface area contributed by atoms with Crippen LogP contribution in [0, 0.1) is 11.8 Å². The number of carboxylic acids is 1. The second-order valence-electron chi connectivity index (χ2n) is 15.9. The number of unbranched alkanes of at least 4 members (excludes halogenated alkanes) is 1. The number of carbonyl (C=O) groups is 8. The maximum Gasteiger partial charge on any atom is 0.326 e. The molecule has 24 heteroatoms. The number of aliphatic carboxylic acids is 1. The number of rotatable bonds is 30. The summed E-state index contributed by atoms with van der Waals surface area (Å²) >= 11 is 0. The number of aliphatic imine (C=N–C) groups is 1. The Balaban J connectivity index is 3.13. The third-order valence-electron chi connectivity index (χ3n) is 9.54. The number of nitrogens with one attached hydrogen (secondary N) is 7. The van der Waals surface area contributed by atoms with E-state index in [9.17, 15) is 58.8 Å². The highest BCUT2D eigenvalue weighted by Crippen LogP contribution is 2.13. The number of aromatic hydroxyl groups is 1. The first-order valence-electron chi connectivity index (χ1n) is 21.0. The van der Waals surface area contributed by atoms with Crippen molar-refractivity contribution in [2.45, 2.75) is 115 Å². The summed E-state index contributed by atoms with van der Waals surface area (Å²) in [6.07, 6.45) is 1.50. The van der Waals surface area contributed by atoms with Crippen LogP contribution in [0.4, 0.5) is 0 Å². The zero-order valence-corrected chi connectivity index (χ0v) is 36.8. The first-order chi connectivity index (χ1) is 30.1. The molecule has 0 saturated heterocycles. The fourth-order valence-corrected chi connectivity index (χ4v) is 5.98. The van der Waals surface area contributed by atoms with Crippen molar-refractivity contribution >= 4 is 53.3 Å². The van der Waals surface area contributed by atoms with Gasteiger partial charge in [0.25, 0.3) is 0 Å². The zero-order valence-electron chi connectivity index (χ0n) is 36.8. The first-order valence-corrected chi connectivity index (χ1v) is 21.0. The van der Waals surface area contributed by atoms with Crippen molar-refractivity contribution in [3.63, 3.8) is 0 Å². The van der Waals surface area contributed by atoms with E-state index in [1.807, 2.05) is 0 Å². The van der Waals surface area contributed by atoms with Crippen LogP contribution in [0.25, 0.3) is 0 Å². The number of phenolic OH excluding ortho intramolecular Hbond substituents is 1. The topological polar surface area (TPSA) is 418 Å². The molecule has 0 aromatic heterocycles. The molecule has 7 amide bonds. The number of aliphatic hydroxyl groups is 2. The van der Waals surface area contributed by atoms with Crippen LogP contribution in [0.1, 0.15) is 71.8 Å². The minimum atomic E-state index is -1.70. The number of hydrogen-bond donors (Lipinski definition) is 15. The Morgan fingerprint density at radius 2 is 1.17 bits per heavy atom. The molecule has 0 saturated carbocycles. The van der Waals surface area contributed by atoms with Crippen LogP contribution in [0.2, 0.25) is 0 Å². The van der Waals surface area contributed by atoms with Gasteiger partial charge in [0, 0.05) is 13.0 Å². The van der Waals surface area contributed by atoms with Crippen LogP contribution in [0.3, 0.4) is 0 Å². The van der Waals surface area contributed by atoms with Gasteiger partial charge in [-0.05, 0) is 68.2 Å². The Morgan fingerprint density at radius 1 is 0.656 bits per heavy atom. The number of guanidine groups is 1. The predicted molar refractivity (Wildman–Crippen MR) is 233 cm³/mol. The average molecular weight is 909 g/mol. The Labute approximate surface area is 371 Å². The third kappa shape index (κ3) is 21.3. The van der Waals surface area contributed by atoms with Gasteiger partial charge in [-0.25, -0.2) is 4.79 Å². The molecule has 1 aromatic rings. The lowest BCUT2D eigenvalue weighted by molar-refractivity contribution is -0.142. The van der Waals surface area contributed by atoms with Crippen LogP contribution < -0.4 is 60.2 Å². The Morgan fingerprint density at radius 3 is 1.69 bits per heavy atom. The number of hydrogen-bond acceptors (Lipinski definition) is 14. The molecule has 0 aliphatic rings. The van der Waals surface area contributed by atoms with Gasteiger partial charge in [0.15, 0.2) is 5.96 Å². The van der Waals surface area contributed by atoms with Crippen molar-refractivity contribution in [2.24, 2.45) is 39.8 Å². The summed E-state index contributed by atoms with van der Waals surface area (Å²) in [5.41, 5.74) is 22.4. The monoisotopic (exact) mass is 909 g/mol. The van der Waals surface area contributed by atoms with Crippen molar-refractivity contribution in [1.29, 1.82) is 0 Å². The van der Waals surface area contributed by atoms with Gasteiger partial charge in [-0.3, -0.25) is 38.6 Å². The summed E-state index contributed by atoms with van der Waals surface area (Å²) < 4.78 is 0. The highest BCUT2D eigenvalue weighted by atomic mass is 16.4. The first kappa shape index (κ1) is 55.9. The van der Waals surface area contributed by atoms with Crippen LogP contribution in [0.15, 0.2) is 29.3 Å². The molecule has 0 heterocycles. The van der Waals surface area contributed by atoms with E-state index in [-0.39, 0.29) is 49.9 Å². The molecular formula is C40H68N12O12. The standard InChI is InChI=1S/C40H68N12O12/c1-21(2)16-27(48-37(61)30(20-54)51-38(62)32(22(3)4)52-31(56)18-46-33(57)25(42)8-5-6-14-41)34(58)50-29(19-53)36(60)49-28(17-23-10-12-24(55)13-11-23)35(59)47-26(39(63)64)9-7-15-45-40(43)44/h10-13,21-22,25-30,32,53-55H,5-9,14-20,41-42H2,1-4H3,(H,46,57)(H,47,59)(H,48,61)(H,49,60)(H,50,58)(H,51,62)(H,52,56)(H,63,64)(H4,43,44,45)/t25-,26-,27-,28-,29-,30-,32-/m0/s1. The summed E-state index contributed by atoms with van der Waals surface area (Å²) in [5, 5.41) is 56.6. The van der Waals surface area contributed by atoms with Gasteiger partial charge >= 0.3 is 5.97 Å². The number of nitrogens with zero attached hydrogens (tertiary/aromatic N) is 1. The van der Waals surface area contributed by atoms with E-state index in [1.54, 1.807) is 27.7 Å². The molecule has 64 heavy (non-hydrogen) atoms. The summed E-state index contributed by atoms with van der Waals surface area (Å²) in [4.78, 5) is 108. The molecule has 7 atom stereocenters. The normalized spacial score (nSPS) is 14.3. The lowest BCUT2D eigenvalue weighted by Gasteiger charge is -2.27. The predicted octanol–water partition coefficient (Wildman–Crippen LogP) is -4.76. The van der Waals surface area contributed by atoms with Gasteiger partial charge in [0.1, 0.15) is 42.0 Å². The van der Waals surface area contributed by atoms with Crippen molar-refractivity contribution in [3.05, 3.63) is 29.8 Å². The van der Waals surface area contributed by atoms with Gasteiger partial charge in [-0.15, -0.1) is 0 Å². The molecule has 0 fully saturated rings. The second kappa shape index (κ2) is 29.3. The lowest BCUT2D eigenvalue weighted by atomic mass is 10.0. The Hall–Kier alpha value is -6.11. The SMILES string of the molecule is CC(C)C[C@H](NC(=O)[C@H](CO)NC(=O)[C@@H](NC(=O)CNC(=O)[C@@H](N)CCCCN)C(C)C)C(=O)N[C@@H](CO)C(=O)N[C@@H](Cc1ccc(O)cc1)C(=O)N[C@@H](CCCN=C(N)N)C(=O)O. The molecule has 0 aliphatic carbocycles.